The topological polar surface area (TPSA) is 39.9 Å². The molecule has 3 heterocycles. The molecule has 0 bridgehead atoms. The molecule has 0 spiro atoms. The van der Waals surface area contributed by atoms with Crippen molar-refractivity contribution in [1.82, 2.24) is 9.80 Å². The van der Waals surface area contributed by atoms with Crippen LogP contribution < -0.4 is 4.90 Å². The predicted octanol–water partition coefficient (Wildman–Crippen LogP) is 3.90. The fourth-order valence-electron chi connectivity index (χ4n) is 4.35. The van der Waals surface area contributed by atoms with Gasteiger partial charge in [-0.1, -0.05) is 19.8 Å². The second kappa shape index (κ2) is 7.93. The van der Waals surface area contributed by atoms with Crippen LogP contribution in [0.2, 0.25) is 0 Å². The van der Waals surface area contributed by atoms with E-state index in [1.54, 1.807) is 0 Å². The van der Waals surface area contributed by atoms with E-state index in [1.807, 2.05) is 17.9 Å². The van der Waals surface area contributed by atoms with E-state index in [2.05, 4.69) is 28.9 Å². The van der Waals surface area contributed by atoms with Crippen LogP contribution in [0.15, 0.2) is 22.6 Å². The van der Waals surface area contributed by atoms with Crippen molar-refractivity contribution in [1.29, 1.82) is 0 Å². The number of piperazine rings is 1. The Kier molecular flexibility index (Phi) is 5.39. The van der Waals surface area contributed by atoms with Crippen LogP contribution in [0, 0.1) is 6.92 Å². The van der Waals surface area contributed by atoms with E-state index in [4.69, 9.17) is 4.42 Å². The van der Waals surface area contributed by atoms with E-state index in [-0.39, 0.29) is 5.91 Å². The summed E-state index contributed by atoms with van der Waals surface area (Å²) in [7, 11) is 0. The number of nitrogens with zero attached hydrogens (tertiary/aromatic N) is 3. The van der Waals surface area contributed by atoms with Gasteiger partial charge < -0.3 is 19.1 Å². The van der Waals surface area contributed by atoms with Crippen molar-refractivity contribution in [2.24, 2.45) is 0 Å². The standard InChI is InChI=1S/C22H31N3O2/c1-3-23-12-14-25(15-13-23)22(26)21-17(2)19-16-18(8-9-20(19)27-21)24-10-6-4-5-7-11-24/h8-9,16H,3-7,10-15H2,1-2H3. The van der Waals surface area contributed by atoms with E-state index >= 15 is 0 Å². The molecule has 2 aliphatic heterocycles. The van der Waals surface area contributed by atoms with Crippen molar-refractivity contribution >= 4 is 22.6 Å². The maximum Gasteiger partial charge on any atom is 0.289 e. The Morgan fingerprint density at radius 2 is 1.70 bits per heavy atom. The highest BCUT2D eigenvalue weighted by Gasteiger charge is 2.26. The summed E-state index contributed by atoms with van der Waals surface area (Å²) in [6.07, 6.45) is 5.17. The fourth-order valence-corrected chi connectivity index (χ4v) is 4.35. The summed E-state index contributed by atoms with van der Waals surface area (Å²) < 4.78 is 6.01. The van der Waals surface area contributed by atoms with Crippen LogP contribution in [-0.2, 0) is 0 Å². The minimum absolute atomic E-state index is 0.0378. The molecule has 0 N–H and O–H groups in total. The van der Waals surface area contributed by atoms with E-state index < -0.39 is 0 Å². The molecule has 2 saturated heterocycles. The van der Waals surface area contributed by atoms with E-state index in [1.165, 1.54) is 31.4 Å². The van der Waals surface area contributed by atoms with Crippen molar-refractivity contribution < 1.29 is 9.21 Å². The molecule has 2 aliphatic rings. The molecule has 1 aromatic heterocycles. The van der Waals surface area contributed by atoms with Gasteiger partial charge in [-0.05, 0) is 44.5 Å². The van der Waals surface area contributed by atoms with Crippen LogP contribution in [0.3, 0.4) is 0 Å². The molecule has 0 saturated carbocycles. The monoisotopic (exact) mass is 369 g/mol. The van der Waals surface area contributed by atoms with Crippen molar-refractivity contribution in [2.45, 2.75) is 39.5 Å². The quantitative estimate of drug-likeness (QED) is 0.823. The summed E-state index contributed by atoms with van der Waals surface area (Å²) in [6, 6.07) is 6.39. The van der Waals surface area contributed by atoms with Gasteiger partial charge in [0, 0.05) is 55.9 Å². The lowest BCUT2D eigenvalue weighted by Gasteiger charge is -2.33. The van der Waals surface area contributed by atoms with Gasteiger partial charge >= 0.3 is 0 Å². The molecule has 0 radical (unpaired) electrons. The Balaban J connectivity index is 1.57. The molecule has 27 heavy (non-hydrogen) atoms. The zero-order valence-electron chi connectivity index (χ0n) is 16.7. The highest BCUT2D eigenvalue weighted by molar-refractivity contribution is 5.99. The summed E-state index contributed by atoms with van der Waals surface area (Å²) in [5.74, 6) is 0.554. The first kappa shape index (κ1) is 18.4. The number of anilines is 1. The zero-order chi connectivity index (χ0) is 18.8. The summed E-state index contributed by atoms with van der Waals surface area (Å²) >= 11 is 0. The lowest BCUT2D eigenvalue weighted by molar-refractivity contribution is 0.0613. The number of rotatable bonds is 3. The molecule has 0 atom stereocenters. The molecule has 1 amide bonds. The fraction of sp³-hybridized carbons (Fsp3) is 0.591. The molecule has 1 aromatic carbocycles. The van der Waals surface area contributed by atoms with Crippen molar-refractivity contribution in [3.05, 3.63) is 29.5 Å². The molecule has 2 aromatic rings. The number of hydrogen-bond acceptors (Lipinski definition) is 4. The second-order valence-corrected chi connectivity index (χ2v) is 7.86. The predicted molar refractivity (Wildman–Crippen MR) is 110 cm³/mol. The average molecular weight is 370 g/mol. The second-order valence-electron chi connectivity index (χ2n) is 7.86. The Morgan fingerprint density at radius 3 is 2.37 bits per heavy atom. The van der Waals surface area contributed by atoms with Crippen LogP contribution in [0.1, 0.15) is 48.7 Å². The number of aryl methyl sites for hydroxylation is 1. The third-order valence-corrected chi connectivity index (χ3v) is 6.19. The van der Waals surface area contributed by atoms with Crippen LogP contribution in [0.5, 0.6) is 0 Å². The highest BCUT2D eigenvalue weighted by atomic mass is 16.3. The lowest BCUT2D eigenvalue weighted by Crippen LogP contribution is -2.48. The van der Waals surface area contributed by atoms with Gasteiger partial charge in [-0.3, -0.25) is 4.79 Å². The average Bonchev–Trinajstić information content (AvgIpc) is 2.89. The zero-order valence-corrected chi connectivity index (χ0v) is 16.7. The highest BCUT2D eigenvalue weighted by Crippen LogP contribution is 2.31. The summed E-state index contributed by atoms with van der Waals surface area (Å²) in [5, 5.41) is 1.08. The van der Waals surface area contributed by atoms with Crippen LogP contribution in [-0.4, -0.2) is 61.5 Å². The van der Waals surface area contributed by atoms with Gasteiger partial charge in [-0.2, -0.15) is 0 Å². The number of furan rings is 1. The summed E-state index contributed by atoms with van der Waals surface area (Å²) in [4.78, 5) is 19.8. The number of carbonyl (C=O) groups excluding carboxylic acids is 1. The first-order valence-electron chi connectivity index (χ1n) is 10.5. The Morgan fingerprint density at radius 1 is 1.00 bits per heavy atom. The molecule has 0 unspecified atom stereocenters. The molecule has 5 nitrogen and oxygen atoms in total. The van der Waals surface area contributed by atoms with Crippen molar-refractivity contribution in [3.8, 4) is 0 Å². The maximum atomic E-state index is 13.0. The number of likely N-dealkylation sites (N-methyl/N-ethyl adjacent to an activating group) is 1. The SMILES string of the molecule is CCN1CCN(C(=O)c2oc3ccc(N4CCCCCC4)cc3c2C)CC1. The third kappa shape index (κ3) is 3.70. The number of amides is 1. The normalized spacial score (nSPS) is 19.5. The van der Waals surface area contributed by atoms with Crippen LogP contribution in [0.25, 0.3) is 11.0 Å². The number of fused-ring (bicyclic) bond motifs is 1. The molecular weight excluding hydrogens is 338 g/mol. The number of carbonyl (C=O) groups is 1. The summed E-state index contributed by atoms with van der Waals surface area (Å²) in [5.41, 5.74) is 3.05. The molecule has 146 valence electrons. The van der Waals surface area contributed by atoms with Gasteiger partial charge in [0.25, 0.3) is 5.91 Å². The van der Waals surface area contributed by atoms with E-state index in [0.29, 0.717) is 5.76 Å². The van der Waals surface area contributed by atoms with Crippen LogP contribution >= 0.6 is 0 Å². The molecular formula is C22H31N3O2. The van der Waals surface area contributed by atoms with Gasteiger partial charge in [0.05, 0.1) is 0 Å². The molecule has 2 fully saturated rings. The Bertz CT molecular complexity index is 797. The van der Waals surface area contributed by atoms with Gasteiger partial charge in [-0.25, -0.2) is 0 Å². The maximum absolute atomic E-state index is 13.0. The lowest BCUT2D eigenvalue weighted by atomic mass is 10.1. The van der Waals surface area contributed by atoms with Crippen LogP contribution in [0.4, 0.5) is 5.69 Å². The minimum atomic E-state index is 0.0378. The van der Waals surface area contributed by atoms with Gasteiger partial charge in [-0.15, -0.1) is 0 Å². The van der Waals surface area contributed by atoms with E-state index in [0.717, 1.165) is 62.3 Å². The molecule has 4 rings (SSSR count). The number of benzene rings is 1. The Hall–Kier alpha value is -2.01. The summed E-state index contributed by atoms with van der Waals surface area (Å²) in [6.45, 7) is 10.9. The van der Waals surface area contributed by atoms with Gasteiger partial charge in [0.15, 0.2) is 5.76 Å². The van der Waals surface area contributed by atoms with Gasteiger partial charge in [0.1, 0.15) is 5.58 Å². The minimum Gasteiger partial charge on any atom is -0.451 e. The smallest absolute Gasteiger partial charge is 0.289 e. The van der Waals surface area contributed by atoms with Gasteiger partial charge in [0.2, 0.25) is 0 Å². The van der Waals surface area contributed by atoms with Crippen molar-refractivity contribution in [2.75, 3.05) is 50.7 Å². The largest absolute Gasteiger partial charge is 0.451 e. The third-order valence-electron chi connectivity index (χ3n) is 6.19. The Labute approximate surface area is 161 Å². The molecule has 0 aliphatic carbocycles. The van der Waals surface area contributed by atoms with Crippen molar-refractivity contribution in [3.63, 3.8) is 0 Å². The first-order valence-corrected chi connectivity index (χ1v) is 10.5. The number of hydrogen-bond donors (Lipinski definition) is 0. The van der Waals surface area contributed by atoms with E-state index in [9.17, 15) is 4.79 Å². The first-order chi connectivity index (χ1) is 13.2. The molecule has 5 heteroatoms.